The van der Waals surface area contributed by atoms with E-state index in [2.05, 4.69) is 25.2 Å². The van der Waals surface area contributed by atoms with Gasteiger partial charge >= 0.3 is 5.69 Å². The molecule has 0 aromatic carbocycles. The molecule has 8 nitrogen and oxygen atoms in total. The van der Waals surface area contributed by atoms with Gasteiger partial charge in [0.2, 0.25) is 5.88 Å². The van der Waals surface area contributed by atoms with Gasteiger partial charge < -0.3 is 15.0 Å². The maximum atomic E-state index is 11.6. The largest absolute Gasteiger partial charge is 0.481 e. The van der Waals surface area contributed by atoms with Crippen LogP contribution in [0.25, 0.3) is 0 Å². The number of piperidine rings is 1. The lowest BCUT2D eigenvalue weighted by Crippen LogP contribution is -2.41. The Balaban J connectivity index is 1.45. The van der Waals surface area contributed by atoms with Crippen LogP contribution in [0.5, 0.6) is 5.88 Å². The van der Waals surface area contributed by atoms with Gasteiger partial charge in [-0.3, -0.25) is 4.57 Å². The highest BCUT2D eigenvalue weighted by Gasteiger charge is 2.19. The number of rotatable bonds is 6. The van der Waals surface area contributed by atoms with Crippen molar-refractivity contribution in [2.75, 3.05) is 32.1 Å². The monoisotopic (exact) mass is 330 g/mol. The Morgan fingerprint density at radius 1 is 1.25 bits per heavy atom. The average molecular weight is 330 g/mol. The second-order valence-electron chi connectivity index (χ2n) is 5.80. The van der Waals surface area contributed by atoms with Gasteiger partial charge in [-0.1, -0.05) is 0 Å². The summed E-state index contributed by atoms with van der Waals surface area (Å²) >= 11 is 0. The molecule has 0 atom stereocenters. The van der Waals surface area contributed by atoms with Gasteiger partial charge in [0.05, 0.1) is 7.11 Å². The van der Waals surface area contributed by atoms with Gasteiger partial charge in [-0.2, -0.15) is 0 Å². The molecule has 0 aliphatic carbocycles. The third-order valence-electron chi connectivity index (χ3n) is 4.23. The van der Waals surface area contributed by atoms with Crippen LogP contribution >= 0.6 is 0 Å². The van der Waals surface area contributed by atoms with Gasteiger partial charge in [0.1, 0.15) is 12.1 Å². The third kappa shape index (κ3) is 4.29. The SMILES string of the molecule is COc1cc(NC2CCN(CCn3cccnc3=O)CC2)ncn1. The Bertz CT molecular complexity index is 711. The molecule has 0 unspecified atom stereocenters. The van der Waals surface area contributed by atoms with Crippen molar-refractivity contribution in [1.29, 1.82) is 0 Å². The minimum Gasteiger partial charge on any atom is -0.481 e. The lowest BCUT2D eigenvalue weighted by atomic mass is 10.1. The van der Waals surface area contributed by atoms with Crippen molar-refractivity contribution >= 4 is 5.82 Å². The summed E-state index contributed by atoms with van der Waals surface area (Å²) in [6, 6.07) is 3.98. The molecule has 2 aromatic rings. The van der Waals surface area contributed by atoms with Crippen LogP contribution in [0, 0.1) is 0 Å². The first-order chi connectivity index (χ1) is 11.7. The summed E-state index contributed by atoms with van der Waals surface area (Å²) in [4.78, 5) is 26.0. The number of hydrogen-bond donors (Lipinski definition) is 1. The van der Waals surface area contributed by atoms with Crippen LogP contribution in [0.1, 0.15) is 12.8 Å². The topological polar surface area (TPSA) is 85.2 Å². The first-order valence-electron chi connectivity index (χ1n) is 8.11. The summed E-state index contributed by atoms with van der Waals surface area (Å²) in [6.07, 6.45) is 6.88. The minimum atomic E-state index is -0.188. The zero-order valence-electron chi connectivity index (χ0n) is 13.8. The highest BCUT2D eigenvalue weighted by molar-refractivity contribution is 5.38. The predicted octanol–water partition coefficient (Wildman–Crippen LogP) is 0.618. The quantitative estimate of drug-likeness (QED) is 0.831. The first-order valence-corrected chi connectivity index (χ1v) is 8.11. The average Bonchev–Trinajstić information content (AvgIpc) is 2.62. The number of nitrogens with zero attached hydrogens (tertiary/aromatic N) is 5. The van der Waals surface area contributed by atoms with E-state index in [0.29, 0.717) is 18.5 Å². The van der Waals surface area contributed by atoms with Crippen molar-refractivity contribution in [3.63, 3.8) is 0 Å². The van der Waals surface area contributed by atoms with E-state index < -0.39 is 0 Å². The second kappa shape index (κ2) is 7.87. The van der Waals surface area contributed by atoms with E-state index in [1.54, 1.807) is 30.0 Å². The molecule has 8 heteroatoms. The summed E-state index contributed by atoms with van der Waals surface area (Å²) in [5.74, 6) is 1.36. The second-order valence-corrected chi connectivity index (χ2v) is 5.80. The molecule has 0 radical (unpaired) electrons. The first kappa shape index (κ1) is 16.4. The van der Waals surface area contributed by atoms with Gasteiger partial charge in [-0.05, 0) is 18.9 Å². The van der Waals surface area contributed by atoms with E-state index in [4.69, 9.17) is 4.74 Å². The van der Waals surface area contributed by atoms with Crippen molar-refractivity contribution in [3.8, 4) is 5.88 Å². The third-order valence-corrected chi connectivity index (χ3v) is 4.23. The van der Waals surface area contributed by atoms with E-state index in [-0.39, 0.29) is 5.69 Å². The molecule has 128 valence electrons. The molecule has 0 saturated carbocycles. The number of likely N-dealkylation sites (tertiary alicyclic amines) is 1. The van der Waals surface area contributed by atoms with E-state index >= 15 is 0 Å². The standard InChI is InChI=1S/C16H22N6O2/c1-24-15-11-14(18-12-19-15)20-13-3-7-21(8-4-13)9-10-22-6-2-5-17-16(22)23/h2,5-6,11-13H,3-4,7-10H2,1H3,(H,18,19,20). The molecule has 0 amide bonds. The van der Waals surface area contributed by atoms with Gasteiger partial charge in [0, 0.05) is 50.7 Å². The van der Waals surface area contributed by atoms with Crippen LogP contribution in [-0.2, 0) is 6.54 Å². The maximum absolute atomic E-state index is 11.6. The highest BCUT2D eigenvalue weighted by atomic mass is 16.5. The molecule has 3 heterocycles. The molecule has 1 aliphatic rings. The van der Waals surface area contributed by atoms with E-state index in [0.717, 1.165) is 38.3 Å². The molecule has 2 aromatic heterocycles. The van der Waals surface area contributed by atoms with Gasteiger partial charge in [-0.25, -0.2) is 19.7 Å². The number of aromatic nitrogens is 4. The fraction of sp³-hybridized carbons (Fsp3) is 0.500. The fourth-order valence-corrected chi connectivity index (χ4v) is 2.85. The minimum absolute atomic E-state index is 0.188. The Kier molecular flexibility index (Phi) is 5.37. The van der Waals surface area contributed by atoms with E-state index in [9.17, 15) is 4.79 Å². The summed E-state index contributed by atoms with van der Waals surface area (Å²) in [5.41, 5.74) is -0.188. The summed E-state index contributed by atoms with van der Waals surface area (Å²) in [7, 11) is 1.60. The number of anilines is 1. The molecule has 1 aliphatic heterocycles. The van der Waals surface area contributed by atoms with Crippen molar-refractivity contribution < 1.29 is 4.74 Å². The smallest absolute Gasteiger partial charge is 0.347 e. The van der Waals surface area contributed by atoms with Crippen LogP contribution in [-0.4, -0.2) is 57.2 Å². The van der Waals surface area contributed by atoms with E-state index in [1.165, 1.54) is 12.5 Å². The predicted molar refractivity (Wildman–Crippen MR) is 90.2 cm³/mol. The summed E-state index contributed by atoms with van der Waals surface area (Å²) in [6.45, 7) is 3.53. The normalized spacial score (nSPS) is 16.0. The van der Waals surface area contributed by atoms with Crippen molar-refractivity contribution in [1.82, 2.24) is 24.4 Å². The Hall–Kier alpha value is -2.48. The molecule has 0 bridgehead atoms. The zero-order valence-corrected chi connectivity index (χ0v) is 13.8. The summed E-state index contributed by atoms with van der Waals surface area (Å²) < 4.78 is 6.76. The lowest BCUT2D eigenvalue weighted by Gasteiger charge is -2.32. The van der Waals surface area contributed by atoms with Gasteiger partial charge in [-0.15, -0.1) is 0 Å². The molecule has 0 spiro atoms. The Morgan fingerprint density at radius 3 is 2.83 bits per heavy atom. The van der Waals surface area contributed by atoms with Crippen LogP contribution in [0.4, 0.5) is 5.82 Å². The molecule has 3 rings (SSSR count). The molecule has 1 saturated heterocycles. The van der Waals surface area contributed by atoms with Crippen molar-refractivity contribution in [3.05, 3.63) is 41.3 Å². The molecule has 1 N–H and O–H groups in total. The van der Waals surface area contributed by atoms with Crippen molar-refractivity contribution in [2.24, 2.45) is 0 Å². The molecule has 1 fully saturated rings. The Labute approximate surface area is 140 Å². The highest BCUT2D eigenvalue weighted by Crippen LogP contribution is 2.17. The molecular weight excluding hydrogens is 308 g/mol. The van der Waals surface area contributed by atoms with Gasteiger partial charge in [0.15, 0.2) is 0 Å². The molecule has 24 heavy (non-hydrogen) atoms. The van der Waals surface area contributed by atoms with Crippen LogP contribution < -0.4 is 15.7 Å². The van der Waals surface area contributed by atoms with Crippen LogP contribution in [0.2, 0.25) is 0 Å². The number of methoxy groups -OCH3 is 1. The van der Waals surface area contributed by atoms with Gasteiger partial charge in [0.25, 0.3) is 0 Å². The number of hydrogen-bond acceptors (Lipinski definition) is 7. The van der Waals surface area contributed by atoms with Crippen LogP contribution in [0.3, 0.4) is 0 Å². The molecular formula is C16H22N6O2. The fourth-order valence-electron chi connectivity index (χ4n) is 2.85. The zero-order chi connectivity index (χ0) is 16.8. The Morgan fingerprint density at radius 2 is 2.08 bits per heavy atom. The lowest BCUT2D eigenvalue weighted by molar-refractivity contribution is 0.210. The summed E-state index contributed by atoms with van der Waals surface area (Å²) in [5, 5.41) is 3.44. The van der Waals surface area contributed by atoms with Crippen LogP contribution in [0.15, 0.2) is 35.6 Å². The number of ether oxygens (including phenoxy) is 1. The maximum Gasteiger partial charge on any atom is 0.347 e. The van der Waals surface area contributed by atoms with E-state index in [1.807, 2.05) is 0 Å². The van der Waals surface area contributed by atoms with Crippen molar-refractivity contribution in [2.45, 2.75) is 25.4 Å². The number of nitrogens with one attached hydrogen (secondary N) is 1.